The third kappa shape index (κ3) is 2.46. The van der Waals surface area contributed by atoms with Crippen LogP contribution in [0.15, 0.2) is 30.6 Å². The second-order valence-electron chi connectivity index (χ2n) is 3.30. The molecule has 1 aromatic heterocycles. The molecule has 2 aromatic rings. The van der Waals surface area contributed by atoms with E-state index >= 15 is 0 Å². The lowest BCUT2D eigenvalue weighted by Crippen LogP contribution is -1.99. The van der Waals surface area contributed by atoms with Gasteiger partial charge in [-0.3, -0.25) is 0 Å². The third-order valence-corrected chi connectivity index (χ3v) is 2.60. The summed E-state index contributed by atoms with van der Waals surface area (Å²) in [4.78, 5) is 0. The molecular formula is C11H12IN3O. The SMILES string of the molecule is CCOc1cc(N)cc(-n2cc(I)cn2)c1. The van der Waals surface area contributed by atoms with Crippen molar-refractivity contribution < 1.29 is 4.74 Å². The van der Waals surface area contributed by atoms with E-state index in [9.17, 15) is 0 Å². The molecule has 4 nitrogen and oxygen atoms in total. The van der Waals surface area contributed by atoms with Crippen LogP contribution in [0.25, 0.3) is 5.69 Å². The first-order chi connectivity index (χ1) is 7.69. The van der Waals surface area contributed by atoms with E-state index in [0.717, 1.165) is 15.0 Å². The van der Waals surface area contributed by atoms with Crippen LogP contribution in [-0.2, 0) is 0 Å². The molecule has 16 heavy (non-hydrogen) atoms. The molecule has 0 amide bonds. The monoisotopic (exact) mass is 329 g/mol. The summed E-state index contributed by atoms with van der Waals surface area (Å²) >= 11 is 2.22. The maximum Gasteiger partial charge on any atom is 0.123 e. The molecule has 0 bridgehead atoms. The number of aromatic nitrogens is 2. The van der Waals surface area contributed by atoms with Gasteiger partial charge < -0.3 is 10.5 Å². The maximum absolute atomic E-state index is 5.81. The molecule has 0 fully saturated rings. The number of nitrogen functional groups attached to an aromatic ring is 1. The van der Waals surface area contributed by atoms with Crippen LogP contribution in [0.5, 0.6) is 5.75 Å². The van der Waals surface area contributed by atoms with Crippen LogP contribution < -0.4 is 10.5 Å². The number of nitrogens with zero attached hydrogens (tertiary/aromatic N) is 2. The van der Waals surface area contributed by atoms with Gasteiger partial charge in [0.2, 0.25) is 0 Å². The first-order valence-corrected chi connectivity index (χ1v) is 6.01. The minimum atomic E-state index is 0.625. The van der Waals surface area contributed by atoms with Crippen molar-refractivity contribution >= 4 is 28.3 Å². The van der Waals surface area contributed by atoms with Crippen LogP contribution in [0.4, 0.5) is 5.69 Å². The maximum atomic E-state index is 5.81. The van der Waals surface area contributed by atoms with Crippen LogP contribution in [0.3, 0.4) is 0 Å². The van der Waals surface area contributed by atoms with Crippen molar-refractivity contribution in [1.29, 1.82) is 0 Å². The molecule has 0 atom stereocenters. The van der Waals surface area contributed by atoms with Crippen molar-refractivity contribution in [2.75, 3.05) is 12.3 Å². The molecule has 0 radical (unpaired) electrons. The van der Waals surface area contributed by atoms with Crippen LogP contribution in [0.2, 0.25) is 0 Å². The van der Waals surface area contributed by atoms with Gasteiger partial charge in [-0.15, -0.1) is 0 Å². The van der Waals surface area contributed by atoms with Crippen molar-refractivity contribution in [3.8, 4) is 11.4 Å². The van der Waals surface area contributed by atoms with Gasteiger partial charge in [0.05, 0.1) is 22.1 Å². The highest BCUT2D eigenvalue weighted by atomic mass is 127. The van der Waals surface area contributed by atoms with Gasteiger partial charge in [0.1, 0.15) is 5.75 Å². The molecule has 1 aromatic carbocycles. The summed E-state index contributed by atoms with van der Waals surface area (Å²) in [5.74, 6) is 0.767. The highest BCUT2D eigenvalue weighted by molar-refractivity contribution is 14.1. The van der Waals surface area contributed by atoms with Gasteiger partial charge in [0, 0.05) is 24.0 Å². The Kier molecular flexibility index (Phi) is 3.33. The Hall–Kier alpha value is -1.24. The number of rotatable bonds is 3. The van der Waals surface area contributed by atoms with E-state index in [0.29, 0.717) is 12.3 Å². The molecule has 2 N–H and O–H groups in total. The van der Waals surface area contributed by atoms with Crippen molar-refractivity contribution in [2.45, 2.75) is 6.92 Å². The molecular weight excluding hydrogens is 317 g/mol. The molecule has 1 heterocycles. The Morgan fingerprint density at radius 3 is 2.88 bits per heavy atom. The van der Waals surface area contributed by atoms with Crippen LogP contribution >= 0.6 is 22.6 Å². The van der Waals surface area contributed by atoms with E-state index in [-0.39, 0.29) is 0 Å². The number of nitrogens with two attached hydrogens (primary N) is 1. The second-order valence-corrected chi connectivity index (χ2v) is 4.54. The van der Waals surface area contributed by atoms with E-state index in [4.69, 9.17) is 10.5 Å². The number of benzene rings is 1. The molecule has 2 rings (SSSR count). The minimum Gasteiger partial charge on any atom is -0.494 e. The fourth-order valence-corrected chi connectivity index (χ4v) is 1.82. The number of hydrogen-bond acceptors (Lipinski definition) is 3. The lowest BCUT2D eigenvalue weighted by Gasteiger charge is -2.07. The smallest absolute Gasteiger partial charge is 0.123 e. The zero-order valence-electron chi connectivity index (χ0n) is 8.85. The number of anilines is 1. The highest BCUT2D eigenvalue weighted by Crippen LogP contribution is 2.21. The van der Waals surface area contributed by atoms with Gasteiger partial charge in [-0.25, -0.2) is 4.68 Å². The van der Waals surface area contributed by atoms with Crippen molar-refractivity contribution in [1.82, 2.24) is 9.78 Å². The Morgan fingerprint density at radius 2 is 2.25 bits per heavy atom. The average molecular weight is 329 g/mol. The molecule has 84 valence electrons. The normalized spacial score (nSPS) is 10.4. The highest BCUT2D eigenvalue weighted by Gasteiger charge is 2.03. The van der Waals surface area contributed by atoms with Gasteiger partial charge in [-0.05, 0) is 35.6 Å². The number of ether oxygens (including phenoxy) is 1. The predicted molar refractivity (Wildman–Crippen MR) is 71.9 cm³/mol. The molecule has 0 aliphatic carbocycles. The summed E-state index contributed by atoms with van der Waals surface area (Å²) in [6.45, 7) is 2.57. The van der Waals surface area contributed by atoms with Crippen molar-refractivity contribution in [2.24, 2.45) is 0 Å². The summed E-state index contributed by atoms with van der Waals surface area (Å²) in [6.07, 6.45) is 3.73. The van der Waals surface area contributed by atoms with Gasteiger partial charge in [-0.2, -0.15) is 5.10 Å². The van der Waals surface area contributed by atoms with Crippen LogP contribution in [0, 0.1) is 3.57 Å². The van der Waals surface area contributed by atoms with Gasteiger partial charge in [-0.1, -0.05) is 0 Å². The molecule has 0 saturated heterocycles. The molecule has 0 saturated carbocycles. The average Bonchev–Trinajstić information content (AvgIpc) is 2.64. The standard InChI is InChI=1S/C11H12IN3O/c1-2-16-11-4-9(13)3-10(5-11)15-7-8(12)6-14-15/h3-7H,2,13H2,1H3. The zero-order valence-corrected chi connectivity index (χ0v) is 11.0. The van der Waals surface area contributed by atoms with E-state index in [1.54, 1.807) is 10.9 Å². The third-order valence-electron chi connectivity index (χ3n) is 2.04. The van der Waals surface area contributed by atoms with Gasteiger partial charge in [0.25, 0.3) is 0 Å². The molecule has 0 spiro atoms. The first-order valence-electron chi connectivity index (χ1n) is 4.93. The fraction of sp³-hybridized carbons (Fsp3) is 0.182. The lowest BCUT2D eigenvalue weighted by atomic mass is 10.2. The first kappa shape index (κ1) is 11.3. The second kappa shape index (κ2) is 4.73. The van der Waals surface area contributed by atoms with Gasteiger partial charge >= 0.3 is 0 Å². The Balaban J connectivity index is 2.40. The summed E-state index contributed by atoms with van der Waals surface area (Å²) < 4.78 is 8.29. The van der Waals surface area contributed by atoms with Crippen LogP contribution in [-0.4, -0.2) is 16.4 Å². The van der Waals surface area contributed by atoms with E-state index in [1.165, 1.54) is 0 Å². The molecule has 0 unspecified atom stereocenters. The molecule has 0 aliphatic rings. The number of hydrogen-bond donors (Lipinski definition) is 1. The number of halogens is 1. The Bertz CT molecular complexity index is 496. The molecule has 0 aliphatic heterocycles. The summed E-state index contributed by atoms with van der Waals surface area (Å²) in [5.41, 5.74) is 7.39. The summed E-state index contributed by atoms with van der Waals surface area (Å²) in [6, 6.07) is 5.59. The molecule has 5 heteroatoms. The minimum absolute atomic E-state index is 0.625. The predicted octanol–water partition coefficient (Wildman–Crippen LogP) is 2.46. The zero-order chi connectivity index (χ0) is 11.5. The quantitative estimate of drug-likeness (QED) is 0.695. The Morgan fingerprint density at radius 1 is 1.44 bits per heavy atom. The van der Waals surface area contributed by atoms with E-state index < -0.39 is 0 Å². The van der Waals surface area contributed by atoms with Gasteiger partial charge in [0.15, 0.2) is 0 Å². The van der Waals surface area contributed by atoms with Crippen molar-refractivity contribution in [3.05, 3.63) is 34.2 Å². The topological polar surface area (TPSA) is 53.1 Å². The fourth-order valence-electron chi connectivity index (χ4n) is 1.43. The largest absolute Gasteiger partial charge is 0.494 e. The lowest BCUT2D eigenvalue weighted by molar-refractivity contribution is 0.340. The summed E-state index contributed by atoms with van der Waals surface area (Å²) in [5, 5.41) is 4.23. The van der Waals surface area contributed by atoms with Crippen LogP contribution in [0.1, 0.15) is 6.92 Å². The van der Waals surface area contributed by atoms with E-state index in [2.05, 4.69) is 27.7 Å². The Labute approximate surface area is 108 Å². The van der Waals surface area contributed by atoms with E-state index in [1.807, 2.05) is 31.3 Å². The van der Waals surface area contributed by atoms with Crippen molar-refractivity contribution in [3.63, 3.8) is 0 Å². The summed E-state index contributed by atoms with van der Waals surface area (Å²) in [7, 11) is 0.